The quantitative estimate of drug-likeness (QED) is 0.887. The zero-order valence-electron chi connectivity index (χ0n) is 11.9. The Morgan fingerprint density at radius 3 is 2.90 bits per heavy atom. The van der Waals surface area contributed by atoms with Crippen LogP contribution in [0.1, 0.15) is 15.5 Å². The highest BCUT2D eigenvalue weighted by atomic mass is 35.5. The van der Waals surface area contributed by atoms with Gasteiger partial charge in [-0.15, -0.1) is 11.3 Å². The lowest BCUT2D eigenvalue weighted by atomic mass is 10.2. The minimum Gasteiger partial charge on any atom is -0.375 e. The van der Waals surface area contributed by atoms with Crippen molar-refractivity contribution in [3.63, 3.8) is 0 Å². The first kappa shape index (κ1) is 15.8. The summed E-state index contributed by atoms with van der Waals surface area (Å²) >= 11 is 7.62. The van der Waals surface area contributed by atoms with Gasteiger partial charge in [0.2, 0.25) is 0 Å². The van der Waals surface area contributed by atoms with Gasteiger partial charge in [-0.2, -0.15) is 0 Å². The van der Waals surface area contributed by atoms with Gasteiger partial charge < -0.3 is 16.0 Å². The van der Waals surface area contributed by atoms with E-state index >= 15 is 0 Å². The Kier molecular flexibility index (Phi) is 5.17. The number of anilines is 2. The Labute approximate surface area is 132 Å². The largest absolute Gasteiger partial charge is 0.375 e. The van der Waals surface area contributed by atoms with Crippen molar-refractivity contribution in [2.45, 2.75) is 6.42 Å². The van der Waals surface area contributed by atoms with Gasteiger partial charge in [0.1, 0.15) is 5.69 Å². The number of para-hydroxylation sites is 1. The number of hydrogen-bond acceptors (Lipinski definition) is 5. The van der Waals surface area contributed by atoms with E-state index in [2.05, 4.69) is 10.3 Å². The second-order valence-electron chi connectivity index (χ2n) is 4.65. The van der Waals surface area contributed by atoms with Crippen molar-refractivity contribution >= 4 is 40.2 Å². The van der Waals surface area contributed by atoms with Crippen LogP contribution in [0.3, 0.4) is 0 Å². The molecule has 1 aromatic heterocycles. The number of nitrogens with one attached hydrogen (secondary N) is 1. The van der Waals surface area contributed by atoms with Crippen molar-refractivity contribution in [3.8, 4) is 0 Å². The molecule has 2 aromatic rings. The Morgan fingerprint density at radius 1 is 1.48 bits per heavy atom. The third-order valence-electron chi connectivity index (χ3n) is 2.82. The first-order valence-electron chi connectivity index (χ1n) is 6.44. The molecule has 0 aliphatic carbocycles. The molecule has 0 spiro atoms. The van der Waals surface area contributed by atoms with E-state index in [0.29, 0.717) is 29.4 Å². The van der Waals surface area contributed by atoms with Crippen molar-refractivity contribution in [1.29, 1.82) is 0 Å². The van der Waals surface area contributed by atoms with Crippen LogP contribution in [0, 0.1) is 0 Å². The Morgan fingerprint density at radius 2 is 2.24 bits per heavy atom. The van der Waals surface area contributed by atoms with Crippen LogP contribution >= 0.6 is 22.9 Å². The predicted molar refractivity (Wildman–Crippen MR) is 88.6 cm³/mol. The maximum atomic E-state index is 12.3. The van der Waals surface area contributed by atoms with Crippen LogP contribution < -0.4 is 16.0 Å². The summed E-state index contributed by atoms with van der Waals surface area (Å²) in [7, 11) is 3.75. The molecular weight excluding hydrogens is 308 g/mol. The number of carbonyl (C=O) groups excluding carboxylic acids is 1. The second-order valence-corrected chi connectivity index (χ2v) is 6.00. The van der Waals surface area contributed by atoms with Gasteiger partial charge in [0.05, 0.1) is 21.4 Å². The fourth-order valence-electron chi connectivity index (χ4n) is 1.91. The average molecular weight is 325 g/mol. The van der Waals surface area contributed by atoms with Crippen molar-refractivity contribution < 1.29 is 4.79 Å². The number of nitrogens with zero attached hydrogens (tertiary/aromatic N) is 2. The monoisotopic (exact) mass is 324 g/mol. The highest BCUT2D eigenvalue weighted by Gasteiger charge is 2.15. The third kappa shape index (κ3) is 3.72. The highest BCUT2D eigenvalue weighted by molar-refractivity contribution is 7.09. The molecule has 0 radical (unpaired) electrons. The van der Waals surface area contributed by atoms with Crippen molar-refractivity contribution in [2.75, 3.05) is 30.9 Å². The number of nitrogens with two attached hydrogens (primary N) is 1. The van der Waals surface area contributed by atoms with Crippen LogP contribution in [0.15, 0.2) is 23.6 Å². The van der Waals surface area contributed by atoms with Gasteiger partial charge in [-0.3, -0.25) is 4.79 Å². The molecule has 7 heteroatoms. The van der Waals surface area contributed by atoms with Crippen molar-refractivity contribution in [1.82, 2.24) is 4.98 Å². The smallest absolute Gasteiger partial charge is 0.275 e. The molecular formula is C14H17ClN4OS. The maximum absolute atomic E-state index is 12.3. The summed E-state index contributed by atoms with van der Waals surface area (Å²) in [6.07, 6.45) is 0.679. The van der Waals surface area contributed by atoms with E-state index in [1.807, 2.05) is 25.1 Å². The zero-order chi connectivity index (χ0) is 15.4. The molecule has 1 aromatic carbocycles. The average Bonchev–Trinajstić information content (AvgIpc) is 2.87. The molecule has 112 valence electrons. The molecule has 0 saturated heterocycles. The highest BCUT2D eigenvalue weighted by Crippen LogP contribution is 2.32. The van der Waals surface area contributed by atoms with E-state index in [1.54, 1.807) is 17.5 Å². The minimum absolute atomic E-state index is 0.250. The van der Waals surface area contributed by atoms with E-state index in [-0.39, 0.29) is 5.91 Å². The van der Waals surface area contributed by atoms with Crippen LogP contribution in [0.4, 0.5) is 11.4 Å². The van der Waals surface area contributed by atoms with Crippen LogP contribution in [0.5, 0.6) is 0 Å². The van der Waals surface area contributed by atoms with Crippen LogP contribution in [0.25, 0.3) is 0 Å². The normalized spacial score (nSPS) is 10.5. The number of hydrogen-bond donors (Lipinski definition) is 2. The molecule has 3 N–H and O–H groups in total. The molecule has 1 amide bonds. The van der Waals surface area contributed by atoms with Gasteiger partial charge in [-0.05, 0) is 18.7 Å². The topological polar surface area (TPSA) is 71.2 Å². The molecule has 5 nitrogen and oxygen atoms in total. The first-order valence-corrected chi connectivity index (χ1v) is 7.70. The van der Waals surface area contributed by atoms with Crippen LogP contribution in [0.2, 0.25) is 5.02 Å². The number of amides is 1. The second kappa shape index (κ2) is 6.89. The van der Waals surface area contributed by atoms with Gasteiger partial charge in [0.25, 0.3) is 5.91 Å². The lowest BCUT2D eigenvalue weighted by Gasteiger charge is -2.19. The van der Waals surface area contributed by atoms with E-state index < -0.39 is 0 Å². The molecule has 21 heavy (non-hydrogen) atoms. The Bertz CT molecular complexity index is 642. The van der Waals surface area contributed by atoms with Gasteiger partial charge in [-0.25, -0.2) is 4.98 Å². The minimum atomic E-state index is -0.250. The number of benzene rings is 1. The molecule has 0 fully saturated rings. The van der Waals surface area contributed by atoms with E-state index in [9.17, 15) is 4.79 Å². The summed E-state index contributed by atoms with van der Waals surface area (Å²) in [5, 5.41) is 6.03. The van der Waals surface area contributed by atoms with E-state index in [4.69, 9.17) is 17.3 Å². The van der Waals surface area contributed by atoms with Crippen LogP contribution in [-0.2, 0) is 6.42 Å². The predicted octanol–water partition coefficient (Wildman–Crippen LogP) is 2.62. The number of halogens is 1. The van der Waals surface area contributed by atoms with Crippen LogP contribution in [-0.4, -0.2) is 31.5 Å². The number of rotatable bonds is 5. The molecule has 1 heterocycles. The third-order valence-corrected chi connectivity index (χ3v) is 4.04. The molecule has 0 unspecified atom stereocenters. The van der Waals surface area contributed by atoms with Crippen molar-refractivity contribution in [3.05, 3.63) is 39.3 Å². The van der Waals surface area contributed by atoms with Crippen molar-refractivity contribution in [2.24, 2.45) is 5.73 Å². The molecule has 0 saturated carbocycles. The summed E-state index contributed by atoms with van der Waals surface area (Å²) in [5.41, 5.74) is 7.31. The standard InChI is InChI=1S/C14H17ClN4OS/c1-19(2)13-9(15)4-3-5-10(13)18-14(20)11-8-21-12(17-11)6-7-16/h3-5,8H,6-7,16H2,1-2H3,(H,18,20). The van der Waals surface area contributed by atoms with Gasteiger partial charge in [0.15, 0.2) is 0 Å². The molecule has 0 bridgehead atoms. The van der Waals surface area contributed by atoms with Gasteiger partial charge in [0, 0.05) is 25.9 Å². The Balaban J connectivity index is 2.21. The molecule has 0 aliphatic heterocycles. The number of carbonyl (C=O) groups is 1. The lowest BCUT2D eigenvalue weighted by Crippen LogP contribution is -2.17. The van der Waals surface area contributed by atoms with E-state index in [0.717, 1.165) is 10.7 Å². The van der Waals surface area contributed by atoms with Gasteiger partial charge >= 0.3 is 0 Å². The number of thiazole rings is 1. The summed E-state index contributed by atoms with van der Waals surface area (Å²) in [6, 6.07) is 5.40. The van der Waals surface area contributed by atoms with Gasteiger partial charge in [-0.1, -0.05) is 17.7 Å². The fraction of sp³-hybridized carbons (Fsp3) is 0.286. The summed E-state index contributed by atoms with van der Waals surface area (Å²) in [4.78, 5) is 18.4. The summed E-state index contributed by atoms with van der Waals surface area (Å²) in [5.74, 6) is -0.250. The maximum Gasteiger partial charge on any atom is 0.275 e. The Hall–Kier alpha value is -1.63. The molecule has 0 atom stereocenters. The zero-order valence-corrected chi connectivity index (χ0v) is 13.5. The fourth-order valence-corrected chi connectivity index (χ4v) is 3.05. The molecule has 2 rings (SSSR count). The lowest BCUT2D eigenvalue weighted by molar-refractivity contribution is 0.102. The first-order chi connectivity index (χ1) is 10.0. The summed E-state index contributed by atoms with van der Waals surface area (Å²) < 4.78 is 0. The summed E-state index contributed by atoms with van der Waals surface area (Å²) in [6.45, 7) is 0.521. The van der Waals surface area contributed by atoms with E-state index in [1.165, 1.54) is 11.3 Å². The SMILES string of the molecule is CN(C)c1c(Cl)cccc1NC(=O)c1csc(CCN)n1. The number of aromatic nitrogens is 1. The molecule has 0 aliphatic rings.